The molecular formula is C17H21NS. The minimum absolute atomic E-state index is 0.528. The molecule has 1 N–H and O–H groups in total. The Morgan fingerprint density at radius 2 is 2.11 bits per heavy atom. The summed E-state index contributed by atoms with van der Waals surface area (Å²) in [6.45, 7) is 3.21. The van der Waals surface area contributed by atoms with E-state index in [0.717, 1.165) is 6.54 Å². The fourth-order valence-corrected chi connectivity index (χ4v) is 3.79. The average Bonchev–Trinajstić information content (AvgIpc) is 2.73. The van der Waals surface area contributed by atoms with E-state index >= 15 is 0 Å². The maximum absolute atomic E-state index is 3.77. The van der Waals surface area contributed by atoms with Crippen molar-refractivity contribution in [1.29, 1.82) is 0 Å². The van der Waals surface area contributed by atoms with E-state index in [-0.39, 0.29) is 0 Å². The number of aryl methyl sites for hydroxylation is 2. The Balaban J connectivity index is 1.75. The van der Waals surface area contributed by atoms with Crippen molar-refractivity contribution in [2.24, 2.45) is 0 Å². The summed E-state index contributed by atoms with van der Waals surface area (Å²) in [5.74, 6) is 0. The molecule has 0 aliphatic heterocycles. The minimum atomic E-state index is 0.528. The zero-order chi connectivity index (χ0) is 13.1. The van der Waals surface area contributed by atoms with E-state index in [1.807, 2.05) is 11.3 Å². The zero-order valence-electron chi connectivity index (χ0n) is 11.5. The molecule has 2 aromatic rings. The van der Waals surface area contributed by atoms with Crippen molar-refractivity contribution in [2.45, 2.75) is 45.2 Å². The molecule has 3 rings (SSSR count). The fraction of sp³-hybridized carbons (Fsp3) is 0.412. The first-order valence-corrected chi connectivity index (χ1v) is 8.07. The summed E-state index contributed by atoms with van der Waals surface area (Å²) in [4.78, 5) is 1.47. The van der Waals surface area contributed by atoms with Crippen molar-refractivity contribution >= 4 is 11.3 Å². The van der Waals surface area contributed by atoms with Crippen LogP contribution in [0.15, 0.2) is 35.7 Å². The summed E-state index contributed by atoms with van der Waals surface area (Å²) in [7, 11) is 0. The van der Waals surface area contributed by atoms with Crippen LogP contribution in [0.5, 0.6) is 0 Å². The van der Waals surface area contributed by atoms with E-state index < -0.39 is 0 Å². The second-order valence-electron chi connectivity index (χ2n) is 5.40. The molecule has 1 aliphatic rings. The van der Waals surface area contributed by atoms with Gasteiger partial charge < -0.3 is 5.32 Å². The molecule has 1 heterocycles. The Kier molecular flexibility index (Phi) is 4.00. The lowest BCUT2D eigenvalue weighted by Gasteiger charge is -2.19. The Bertz CT molecular complexity index is 544. The molecule has 19 heavy (non-hydrogen) atoms. The van der Waals surface area contributed by atoms with Crippen LogP contribution in [0.2, 0.25) is 0 Å². The molecule has 1 aromatic carbocycles. The van der Waals surface area contributed by atoms with Crippen LogP contribution in [0.4, 0.5) is 0 Å². The number of fused-ring (bicyclic) bond motifs is 1. The van der Waals surface area contributed by atoms with E-state index in [9.17, 15) is 0 Å². The normalized spacial score (nSPS) is 18.9. The third kappa shape index (κ3) is 2.90. The van der Waals surface area contributed by atoms with Crippen LogP contribution in [0.3, 0.4) is 0 Å². The number of hydrogen-bond donors (Lipinski definition) is 1. The lowest BCUT2D eigenvalue weighted by Crippen LogP contribution is -2.21. The van der Waals surface area contributed by atoms with Crippen molar-refractivity contribution in [3.63, 3.8) is 0 Å². The lowest BCUT2D eigenvalue weighted by molar-refractivity contribution is 0.491. The van der Waals surface area contributed by atoms with Gasteiger partial charge in [-0.15, -0.1) is 11.3 Å². The van der Waals surface area contributed by atoms with E-state index in [1.54, 1.807) is 5.56 Å². The SMILES string of the molecule is Cc1ccsc1CNC1CCCCc2ccccc21. The van der Waals surface area contributed by atoms with Gasteiger partial charge in [-0.25, -0.2) is 0 Å². The van der Waals surface area contributed by atoms with Gasteiger partial charge in [0.1, 0.15) is 0 Å². The van der Waals surface area contributed by atoms with E-state index in [1.165, 1.54) is 41.7 Å². The second kappa shape index (κ2) is 5.89. The molecule has 0 spiro atoms. The van der Waals surface area contributed by atoms with Crippen LogP contribution in [-0.4, -0.2) is 0 Å². The number of thiophene rings is 1. The predicted octanol–water partition coefficient (Wildman–Crippen LogP) is 4.61. The Hall–Kier alpha value is -1.12. The smallest absolute Gasteiger partial charge is 0.0326 e. The molecule has 0 saturated heterocycles. The van der Waals surface area contributed by atoms with Gasteiger partial charge in [0.2, 0.25) is 0 Å². The van der Waals surface area contributed by atoms with Crippen LogP contribution in [-0.2, 0) is 13.0 Å². The van der Waals surface area contributed by atoms with Gasteiger partial charge >= 0.3 is 0 Å². The van der Waals surface area contributed by atoms with Crippen molar-refractivity contribution in [2.75, 3.05) is 0 Å². The molecule has 1 aromatic heterocycles. The first kappa shape index (κ1) is 12.9. The van der Waals surface area contributed by atoms with E-state index in [4.69, 9.17) is 0 Å². The highest BCUT2D eigenvalue weighted by atomic mass is 32.1. The summed E-state index contributed by atoms with van der Waals surface area (Å²) < 4.78 is 0. The summed E-state index contributed by atoms with van der Waals surface area (Å²) in [6, 6.07) is 11.7. The Morgan fingerprint density at radius 3 is 2.95 bits per heavy atom. The number of hydrogen-bond acceptors (Lipinski definition) is 2. The van der Waals surface area contributed by atoms with Crippen molar-refractivity contribution in [3.8, 4) is 0 Å². The molecule has 1 aliphatic carbocycles. The molecule has 0 amide bonds. The van der Waals surface area contributed by atoms with Crippen LogP contribution < -0.4 is 5.32 Å². The predicted molar refractivity (Wildman–Crippen MR) is 82.6 cm³/mol. The topological polar surface area (TPSA) is 12.0 Å². The highest BCUT2D eigenvalue weighted by molar-refractivity contribution is 7.10. The molecule has 1 unspecified atom stereocenters. The highest BCUT2D eigenvalue weighted by Gasteiger charge is 2.17. The summed E-state index contributed by atoms with van der Waals surface area (Å²) >= 11 is 1.86. The van der Waals surface area contributed by atoms with Gasteiger partial charge in [0.05, 0.1) is 0 Å². The van der Waals surface area contributed by atoms with E-state index in [2.05, 4.69) is 48.0 Å². The molecule has 0 fully saturated rings. The maximum atomic E-state index is 3.77. The fourth-order valence-electron chi connectivity index (χ4n) is 2.93. The number of rotatable bonds is 3. The van der Waals surface area contributed by atoms with Gasteiger partial charge in [-0.05, 0) is 54.3 Å². The minimum Gasteiger partial charge on any atom is -0.305 e. The molecule has 0 saturated carbocycles. The largest absolute Gasteiger partial charge is 0.305 e. The van der Waals surface area contributed by atoms with Gasteiger partial charge in [0.25, 0.3) is 0 Å². The summed E-state index contributed by atoms with van der Waals surface area (Å²) in [6.07, 6.45) is 5.16. The van der Waals surface area contributed by atoms with Crippen LogP contribution in [0.25, 0.3) is 0 Å². The van der Waals surface area contributed by atoms with Gasteiger partial charge in [-0.2, -0.15) is 0 Å². The monoisotopic (exact) mass is 271 g/mol. The third-order valence-corrected chi connectivity index (χ3v) is 5.12. The lowest BCUT2D eigenvalue weighted by atomic mass is 9.99. The molecule has 0 radical (unpaired) electrons. The molecular weight excluding hydrogens is 250 g/mol. The summed E-state index contributed by atoms with van der Waals surface area (Å²) in [5.41, 5.74) is 4.48. The van der Waals surface area contributed by atoms with Gasteiger partial charge in [-0.3, -0.25) is 0 Å². The van der Waals surface area contributed by atoms with Crippen LogP contribution in [0.1, 0.15) is 46.9 Å². The van der Waals surface area contributed by atoms with Gasteiger partial charge in [0.15, 0.2) is 0 Å². The van der Waals surface area contributed by atoms with Crippen LogP contribution >= 0.6 is 11.3 Å². The second-order valence-corrected chi connectivity index (χ2v) is 6.41. The first-order valence-electron chi connectivity index (χ1n) is 7.19. The first-order chi connectivity index (χ1) is 9.34. The molecule has 1 nitrogen and oxygen atoms in total. The standard InChI is InChI=1S/C17H21NS/c1-13-10-11-19-17(13)12-18-16-9-5-3-7-14-6-2-4-8-15(14)16/h2,4,6,8,10-11,16,18H,3,5,7,9,12H2,1H3. The zero-order valence-corrected chi connectivity index (χ0v) is 12.3. The number of benzene rings is 1. The highest BCUT2D eigenvalue weighted by Crippen LogP contribution is 2.29. The quantitative estimate of drug-likeness (QED) is 0.804. The molecule has 1 atom stereocenters. The average molecular weight is 271 g/mol. The van der Waals surface area contributed by atoms with Crippen molar-refractivity contribution in [3.05, 3.63) is 57.3 Å². The van der Waals surface area contributed by atoms with Crippen LogP contribution in [0, 0.1) is 6.92 Å². The van der Waals surface area contributed by atoms with E-state index in [0.29, 0.717) is 6.04 Å². The van der Waals surface area contributed by atoms with Gasteiger partial charge in [-0.1, -0.05) is 30.7 Å². The molecule has 0 bridgehead atoms. The third-order valence-electron chi connectivity index (χ3n) is 4.10. The van der Waals surface area contributed by atoms with Crippen molar-refractivity contribution in [1.82, 2.24) is 5.32 Å². The maximum Gasteiger partial charge on any atom is 0.0326 e. The molecule has 100 valence electrons. The molecule has 2 heteroatoms. The Labute approximate surface area is 119 Å². The summed E-state index contributed by atoms with van der Waals surface area (Å²) in [5, 5.41) is 5.96. The number of nitrogens with one attached hydrogen (secondary N) is 1. The van der Waals surface area contributed by atoms with Gasteiger partial charge in [0, 0.05) is 17.5 Å². The van der Waals surface area contributed by atoms with Crippen molar-refractivity contribution < 1.29 is 0 Å². The Morgan fingerprint density at radius 1 is 1.21 bits per heavy atom.